The second-order valence-corrected chi connectivity index (χ2v) is 10.6. The van der Waals surface area contributed by atoms with Crippen LogP contribution in [0, 0.1) is 17.3 Å². The van der Waals surface area contributed by atoms with Crippen molar-refractivity contribution in [3.8, 4) is 5.75 Å². The minimum absolute atomic E-state index is 0.0468. The highest BCUT2D eigenvalue weighted by Crippen LogP contribution is 2.55. The number of benzene rings is 1. The summed E-state index contributed by atoms with van der Waals surface area (Å²) in [6.07, 6.45) is -1.70. The third-order valence-electron chi connectivity index (χ3n) is 7.18. The fourth-order valence-electron chi connectivity index (χ4n) is 5.51. The van der Waals surface area contributed by atoms with E-state index >= 15 is 0 Å². The quantitative estimate of drug-likeness (QED) is 0.404. The van der Waals surface area contributed by atoms with Gasteiger partial charge in [0.25, 0.3) is 0 Å². The number of aliphatic hydroxyl groups excluding tert-OH is 3. The molecule has 0 bridgehead atoms. The molecule has 1 fully saturated rings. The van der Waals surface area contributed by atoms with E-state index in [9.17, 15) is 35.1 Å². The standard InChI is InChI=1S/C25H31NO7/c1-11-12-6-5-7-15(27)18(12)21(30)19-17(11)20(29)14-8-16(28)13(9-26-10-24(2,3)4)22(31)25(14,33)23(19)32/h5-7,11,14,17,20,26-27,29-31,33H,8-10H2,1-4H3/t11-,14+,17+,20+,25+/m0/s1. The molecule has 0 spiro atoms. The Hall–Kier alpha value is -2.68. The van der Waals surface area contributed by atoms with Gasteiger partial charge in [0, 0.05) is 42.5 Å². The molecule has 1 saturated carbocycles. The van der Waals surface area contributed by atoms with Gasteiger partial charge in [-0.15, -0.1) is 0 Å². The predicted octanol–water partition coefficient (Wildman–Crippen LogP) is 2.11. The first kappa shape index (κ1) is 23.5. The maximum Gasteiger partial charge on any atom is 0.202 e. The Balaban J connectivity index is 1.83. The van der Waals surface area contributed by atoms with E-state index < -0.39 is 52.5 Å². The van der Waals surface area contributed by atoms with Crippen LogP contribution >= 0.6 is 0 Å². The third kappa shape index (κ3) is 3.39. The van der Waals surface area contributed by atoms with E-state index in [1.54, 1.807) is 19.1 Å². The molecule has 0 saturated heterocycles. The molecule has 6 N–H and O–H groups in total. The number of rotatable bonds is 3. The van der Waals surface area contributed by atoms with Crippen LogP contribution in [0.4, 0.5) is 0 Å². The van der Waals surface area contributed by atoms with Gasteiger partial charge in [-0.2, -0.15) is 0 Å². The van der Waals surface area contributed by atoms with Crippen molar-refractivity contribution in [2.24, 2.45) is 17.3 Å². The number of carbonyl (C=O) groups excluding carboxylic acids is 2. The van der Waals surface area contributed by atoms with Crippen LogP contribution in [0.25, 0.3) is 5.76 Å². The number of hydrogen-bond acceptors (Lipinski definition) is 8. The topological polar surface area (TPSA) is 147 Å². The first-order chi connectivity index (χ1) is 15.3. The Bertz CT molecular complexity index is 1100. The highest BCUT2D eigenvalue weighted by Gasteiger charge is 2.64. The number of phenols is 1. The van der Waals surface area contributed by atoms with Gasteiger partial charge in [0.2, 0.25) is 5.78 Å². The Kier molecular flexibility index (Phi) is 5.47. The highest BCUT2D eigenvalue weighted by atomic mass is 16.4. The summed E-state index contributed by atoms with van der Waals surface area (Å²) in [5, 5.41) is 58.1. The molecule has 8 nitrogen and oxygen atoms in total. The van der Waals surface area contributed by atoms with E-state index in [0.29, 0.717) is 12.1 Å². The van der Waals surface area contributed by atoms with Gasteiger partial charge in [-0.25, -0.2) is 0 Å². The Morgan fingerprint density at radius 3 is 2.45 bits per heavy atom. The van der Waals surface area contributed by atoms with Crippen molar-refractivity contribution in [2.75, 3.05) is 13.1 Å². The van der Waals surface area contributed by atoms with Crippen molar-refractivity contribution in [1.29, 1.82) is 0 Å². The number of carbonyl (C=O) groups is 2. The molecule has 33 heavy (non-hydrogen) atoms. The number of fused-ring (bicyclic) bond motifs is 3. The van der Waals surface area contributed by atoms with E-state index in [-0.39, 0.29) is 40.8 Å². The second kappa shape index (κ2) is 7.68. The Morgan fingerprint density at radius 2 is 1.82 bits per heavy atom. The summed E-state index contributed by atoms with van der Waals surface area (Å²) in [4.78, 5) is 26.5. The first-order valence-corrected chi connectivity index (χ1v) is 11.2. The van der Waals surface area contributed by atoms with Gasteiger partial charge in [-0.3, -0.25) is 9.59 Å². The number of nitrogens with one attached hydrogen (secondary N) is 1. The zero-order chi connectivity index (χ0) is 24.5. The van der Waals surface area contributed by atoms with Gasteiger partial charge in [0.05, 0.1) is 11.7 Å². The predicted molar refractivity (Wildman–Crippen MR) is 121 cm³/mol. The fourth-order valence-corrected chi connectivity index (χ4v) is 5.51. The smallest absolute Gasteiger partial charge is 0.202 e. The molecule has 0 heterocycles. The van der Waals surface area contributed by atoms with E-state index in [4.69, 9.17) is 0 Å². The van der Waals surface area contributed by atoms with E-state index in [2.05, 4.69) is 5.32 Å². The molecule has 1 aromatic rings. The fraction of sp³-hybridized carbons (Fsp3) is 0.520. The van der Waals surface area contributed by atoms with Crippen molar-refractivity contribution in [2.45, 2.75) is 51.7 Å². The molecule has 5 atom stereocenters. The van der Waals surface area contributed by atoms with Gasteiger partial charge >= 0.3 is 0 Å². The lowest BCUT2D eigenvalue weighted by Crippen LogP contribution is -2.63. The van der Waals surface area contributed by atoms with Crippen molar-refractivity contribution < 1.29 is 35.1 Å². The number of Topliss-reactive ketones (excluding diaryl/α,β-unsaturated/α-hetero) is 2. The van der Waals surface area contributed by atoms with Crippen LogP contribution < -0.4 is 5.32 Å². The molecule has 0 aromatic heterocycles. The third-order valence-corrected chi connectivity index (χ3v) is 7.18. The summed E-state index contributed by atoms with van der Waals surface area (Å²) in [5.74, 6) is -5.61. The van der Waals surface area contributed by atoms with E-state index in [1.165, 1.54) is 6.07 Å². The first-order valence-electron chi connectivity index (χ1n) is 11.2. The van der Waals surface area contributed by atoms with Gasteiger partial charge < -0.3 is 30.8 Å². The number of hydrogen-bond donors (Lipinski definition) is 6. The SMILES string of the molecule is C[C@H]1c2cccc(O)c2C(O)=C2C(=O)[C@]3(O)C(O)=C(CNCC(C)(C)C)C(=O)C[C@@H]3[C@@H](O)[C@@H]21. The molecule has 0 unspecified atom stereocenters. The maximum atomic E-state index is 13.6. The summed E-state index contributed by atoms with van der Waals surface area (Å²) >= 11 is 0. The van der Waals surface area contributed by atoms with Crippen LogP contribution in [0.1, 0.15) is 51.2 Å². The molecule has 3 aliphatic carbocycles. The van der Waals surface area contributed by atoms with Crippen LogP contribution in [0.2, 0.25) is 0 Å². The number of aliphatic hydroxyl groups is 4. The lowest BCUT2D eigenvalue weighted by atomic mass is 9.55. The average Bonchev–Trinajstić information content (AvgIpc) is 2.72. The lowest BCUT2D eigenvalue weighted by molar-refractivity contribution is -0.160. The molecule has 0 radical (unpaired) electrons. The second-order valence-electron chi connectivity index (χ2n) is 10.6. The molecule has 3 aliphatic rings. The zero-order valence-corrected chi connectivity index (χ0v) is 19.2. The minimum Gasteiger partial charge on any atom is -0.508 e. The van der Waals surface area contributed by atoms with Gasteiger partial charge in [0.15, 0.2) is 11.4 Å². The number of ketones is 2. The van der Waals surface area contributed by atoms with Crippen LogP contribution in [-0.4, -0.2) is 61.9 Å². The molecule has 0 aliphatic heterocycles. The number of aromatic hydroxyl groups is 1. The molecular formula is C25H31NO7. The van der Waals surface area contributed by atoms with Crippen LogP contribution in [0.5, 0.6) is 5.75 Å². The summed E-state index contributed by atoms with van der Waals surface area (Å²) in [5.41, 5.74) is -2.38. The Morgan fingerprint density at radius 1 is 1.15 bits per heavy atom. The maximum absolute atomic E-state index is 13.6. The monoisotopic (exact) mass is 457 g/mol. The molecule has 0 amide bonds. The van der Waals surface area contributed by atoms with E-state index in [1.807, 2.05) is 20.8 Å². The van der Waals surface area contributed by atoms with Crippen LogP contribution in [-0.2, 0) is 9.59 Å². The number of phenolic OH excluding ortho intramolecular Hbond substituents is 1. The van der Waals surface area contributed by atoms with Crippen molar-refractivity contribution in [1.82, 2.24) is 5.32 Å². The van der Waals surface area contributed by atoms with Crippen molar-refractivity contribution in [3.63, 3.8) is 0 Å². The Labute approximate surface area is 192 Å². The van der Waals surface area contributed by atoms with Crippen LogP contribution in [0.3, 0.4) is 0 Å². The summed E-state index contributed by atoms with van der Waals surface area (Å²) in [6, 6.07) is 4.67. The molecule has 8 heteroatoms. The van der Waals surface area contributed by atoms with Crippen LogP contribution in [0.15, 0.2) is 35.1 Å². The van der Waals surface area contributed by atoms with Gasteiger partial charge in [-0.05, 0) is 23.0 Å². The summed E-state index contributed by atoms with van der Waals surface area (Å²) in [7, 11) is 0. The van der Waals surface area contributed by atoms with Gasteiger partial charge in [-0.1, -0.05) is 39.8 Å². The average molecular weight is 458 g/mol. The zero-order valence-electron chi connectivity index (χ0n) is 19.2. The van der Waals surface area contributed by atoms with Crippen molar-refractivity contribution >= 4 is 17.3 Å². The molecule has 178 valence electrons. The summed E-state index contributed by atoms with van der Waals surface area (Å²) < 4.78 is 0. The summed E-state index contributed by atoms with van der Waals surface area (Å²) in [6.45, 7) is 8.21. The molecule has 1 aromatic carbocycles. The van der Waals surface area contributed by atoms with Gasteiger partial charge in [0.1, 0.15) is 17.3 Å². The molecule has 4 rings (SSSR count). The van der Waals surface area contributed by atoms with E-state index in [0.717, 1.165) is 0 Å². The normalized spacial score (nSPS) is 31.9. The lowest BCUT2D eigenvalue weighted by Gasteiger charge is -2.50. The van der Waals surface area contributed by atoms with Crippen molar-refractivity contribution in [3.05, 3.63) is 46.2 Å². The minimum atomic E-state index is -2.55. The largest absolute Gasteiger partial charge is 0.508 e. The molecular weight excluding hydrogens is 426 g/mol. The highest BCUT2D eigenvalue weighted by molar-refractivity contribution is 6.13.